The van der Waals surface area contributed by atoms with Gasteiger partial charge in [-0.15, -0.1) is 11.3 Å². The van der Waals surface area contributed by atoms with E-state index < -0.39 is 0 Å². The Labute approximate surface area is 135 Å². The van der Waals surface area contributed by atoms with Crippen LogP contribution in [0.3, 0.4) is 0 Å². The third-order valence-electron chi connectivity index (χ3n) is 2.95. The zero-order valence-corrected chi connectivity index (χ0v) is 14.2. The maximum atomic E-state index is 5.31. The molecule has 0 aliphatic heterocycles. The number of quaternary nitrogens is 1. The molecule has 0 atom stereocenters. The number of nitrogens with zero attached hydrogens (tertiary/aromatic N) is 1. The summed E-state index contributed by atoms with van der Waals surface area (Å²) in [6.07, 6.45) is 0. The van der Waals surface area contributed by atoms with E-state index in [1.807, 2.05) is 19.1 Å². The zero-order chi connectivity index (χ0) is 15.2. The lowest BCUT2D eigenvalue weighted by Crippen LogP contribution is -3.06. The number of benzene rings is 1. The van der Waals surface area contributed by atoms with Gasteiger partial charge in [0, 0.05) is 16.6 Å². The van der Waals surface area contributed by atoms with Crippen molar-refractivity contribution < 1.29 is 4.90 Å². The second kappa shape index (κ2) is 7.49. The predicted molar refractivity (Wildman–Crippen MR) is 94.2 cm³/mol. The summed E-state index contributed by atoms with van der Waals surface area (Å²) >= 11 is 6.97. The van der Waals surface area contributed by atoms with Crippen LogP contribution in [0.4, 0.5) is 5.69 Å². The number of anilines is 1. The lowest BCUT2D eigenvalue weighted by molar-refractivity contribution is -0.856. The Morgan fingerprint density at radius 2 is 2.19 bits per heavy atom. The van der Waals surface area contributed by atoms with Crippen LogP contribution in [-0.2, 0) is 0 Å². The number of aromatic nitrogens is 1. The molecule has 4 nitrogen and oxygen atoms in total. The summed E-state index contributed by atoms with van der Waals surface area (Å²) in [6, 6.07) is 8.15. The Kier molecular flexibility index (Phi) is 5.67. The smallest absolute Gasteiger partial charge is 0.170 e. The van der Waals surface area contributed by atoms with E-state index in [2.05, 4.69) is 47.2 Å². The highest BCUT2D eigenvalue weighted by Gasteiger charge is 2.04. The van der Waals surface area contributed by atoms with Crippen molar-refractivity contribution in [3.05, 3.63) is 34.7 Å². The van der Waals surface area contributed by atoms with Gasteiger partial charge in [-0.25, -0.2) is 4.98 Å². The molecule has 0 saturated carbocycles. The number of hydrogen-bond acceptors (Lipinski definition) is 3. The third kappa shape index (κ3) is 5.08. The fourth-order valence-corrected chi connectivity index (χ4v) is 2.70. The average molecular weight is 321 g/mol. The molecule has 112 valence electrons. The molecule has 1 aromatic heterocycles. The topological polar surface area (TPSA) is 41.4 Å². The lowest BCUT2D eigenvalue weighted by atomic mass is 10.1. The normalized spacial score (nSPS) is 10.7. The van der Waals surface area contributed by atoms with Crippen LogP contribution in [0.2, 0.25) is 0 Å². The highest BCUT2D eigenvalue weighted by molar-refractivity contribution is 7.80. The minimum Gasteiger partial charge on any atom is -0.357 e. The van der Waals surface area contributed by atoms with Gasteiger partial charge in [-0.05, 0) is 31.3 Å². The molecule has 2 rings (SSSR count). The largest absolute Gasteiger partial charge is 0.357 e. The van der Waals surface area contributed by atoms with E-state index >= 15 is 0 Å². The number of nitrogens with one attached hydrogen (secondary N) is 3. The summed E-state index contributed by atoms with van der Waals surface area (Å²) < 4.78 is 0. The van der Waals surface area contributed by atoms with Crippen molar-refractivity contribution in [2.24, 2.45) is 0 Å². The predicted octanol–water partition coefficient (Wildman–Crippen LogP) is 1.55. The molecule has 3 N–H and O–H groups in total. The molecule has 0 spiro atoms. The maximum Gasteiger partial charge on any atom is 0.170 e. The molecular weight excluding hydrogens is 300 g/mol. The lowest BCUT2D eigenvalue weighted by Gasteiger charge is -2.12. The molecule has 2 aromatic rings. The SMILES string of the molecule is Cc1nc(-c2cccc(NC(=S)NCC[NH+](C)C)c2)cs1. The summed E-state index contributed by atoms with van der Waals surface area (Å²) in [5.41, 5.74) is 3.09. The van der Waals surface area contributed by atoms with Crippen LogP contribution in [-0.4, -0.2) is 37.3 Å². The Morgan fingerprint density at radius 3 is 2.86 bits per heavy atom. The van der Waals surface area contributed by atoms with E-state index in [1.165, 1.54) is 4.90 Å². The summed E-state index contributed by atoms with van der Waals surface area (Å²) in [5.74, 6) is 0. The van der Waals surface area contributed by atoms with Crippen molar-refractivity contribution in [3.8, 4) is 11.3 Å². The van der Waals surface area contributed by atoms with Crippen LogP contribution in [0.1, 0.15) is 5.01 Å². The highest BCUT2D eigenvalue weighted by Crippen LogP contribution is 2.24. The number of thiazole rings is 1. The molecular formula is C15H21N4S2+. The minimum absolute atomic E-state index is 0.655. The van der Waals surface area contributed by atoms with Gasteiger partial charge in [0.15, 0.2) is 5.11 Å². The number of aryl methyl sites for hydroxylation is 1. The minimum atomic E-state index is 0.655. The Balaban J connectivity index is 1.96. The molecule has 6 heteroatoms. The summed E-state index contributed by atoms with van der Waals surface area (Å²) in [4.78, 5) is 5.90. The van der Waals surface area contributed by atoms with Gasteiger partial charge in [0.05, 0.1) is 37.9 Å². The van der Waals surface area contributed by atoms with Crippen molar-refractivity contribution >= 4 is 34.4 Å². The molecule has 0 unspecified atom stereocenters. The Hall–Kier alpha value is -1.50. The molecule has 0 fully saturated rings. The average Bonchev–Trinajstić information content (AvgIpc) is 2.85. The van der Waals surface area contributed by atoms with Crippen LogP contribution < -0.4 is 15.5 Å². The van der Waals surface area contributed by atoms with Gasteiger partial charge in [-0.3, -0.25) is 0 Å². The monoisotopic (exact) mass is 321 g/mol. The highest BCUT2D eigenvalue weighted by atomic mass is 32.1. The van der Waals surface area contributed by atoms with E-state index in [1.54, 1.807) is 11.3 Å². The first-order valence-electron chi connectivity index (χ1n) is 6.91. The standard InChI is InChI=1S/C15H20N4S2/c1-11-17-14(10-21-11)12-5-4-6-13(9-12)18-15(20)16-7-8-19(2)3/h4-6,9-10H,7-8H2,1-3H3,(H2,16,18,20)/p+1. The van der Waals surface area contributed by atoms with Crippen molar-refractivity contribution in [2.45, 2.75) is 6.92 Å². The van der Waals surface area contributed by atoms with E-state index in [4.69, 9.17) is 12.2 Å². The Bertz CT molecular complexity index is 607. The first-order chi connectivity index (χ1) is 10.0. The van der Waals surface area contributed by atoms with Crippen LogP contribution in [0.15, 0.2) is 29.6 Å². The van der Waals surface area contributed by atoms with Crippen molar-refractivity contribution in [1.82, 2.24) is 10.3 Å². The fraction of sp³-hybridized carbons (Fsp3) is 0.333. The first kappa shape index (κ1) is 15.9. The van der Waals surface area contributed by atoms with Crippen LogP contribution in [0.5, 0.6) is 0 Å². The van der Waals surface area contributed by atoms with Gasteiger partial charge in [0.1, 0.15) is 0 Å². The van der Waals surface area contributed by atoms with Gasteiger partial charge in [0.2, 0.25) is 0 Å². The number of likely N-dealkylation sites (N-methyl/N-ethyl adjacent to an activating group) is 1. The van der Waals surface area contributed by atoms with Gasteiger partial charge in [-0.1, -0.05) is 12.1 Å². The molecule has 21 heavy (non-hydrogen) atoms. The van der Waals surface area contributed by atoms with E-state index in [9.17, 15) is 0 Å². The quantitative estimate of drug-likeness (QED) is 0.731. The third-order valence-corrected chi connectivity index (χ3v) is 3.97. The second-order valence-electron chi connectivity index (χ2n) is 5.17. The summed E-state index contributed by atoms with van der Waals surface area (Å²) in [5, 5.41) is 10.2. The van der Waals surface area contributed by atoms with Crippen molar-refractivity contribution in [1.29, 1.82) is 0 Å². The number of thiocarbonyl (C=S) groups is 1. The molecule has 0 amide bonds. The van der Waals surface area contributed by atoms with Gasteiger partial charge < -0.3 is 15.5 Å². The molecule has 0 saturated heterocycles. The van der Waals surface area contributed by atoms with Crippen molar-refractivity contribution in [2.75, 3.05) is 32.5 Å². The molecule has 0 aliphatic carbocycles. The molecule has 1 heterocycles. The van der Waals surface area contributed by atoms with E-state index in [0.717, 1.165) is 35.0 Å². The molecule has 1 aromatic carbocycles. The Morgan fingerprint density at radius 1 is 1.38 bits per heavy atom. The number of rotatable bonds is 5. The van der Waals surface area contributed by atoms with Crippen LogP contribution >= 0.6 is 23.6 Å². The maximum absolute atomic E-state index is 5.31. The van der Waals surface area contributed by atoms with Crippen LogP contribution in [0.25, 0.3) is 11.3 Å². The second-order valence-corrected chi connectivity index (χ2v) is 6.64. The molecule has 0 radical (unpaired) electrons. The molecule has 0 aliphatic rings. The fourth-order valence-electron chi connectivity index (χ4n) is 1.85. The summed E-state index contributed by atoms with van der Waals surface area (Å²) in [7, 11) is 4.24. The molecule has 0 bridgehead atoms. The zero-order valence-electron chi connectivity index (χ0n) is 12.6. The van der Waals surface area contributed by atoms with Gasteiger partial charge in [0.25, 0.3) is 0 Å². The van der Waals surface area contributed by atoms with E-state index in [0.29, 0.717) is 5.11 Å². The van der Waals surface area contributed by atoms with Crippen molar-refractivity contribution in [3.63, 3.8) is 0 Å². The first-order valence-corrected chi connectivity index (χ1v) is 8.20. The van der Waals surface area contributed by atoms with Crippen LogP contribution in [0, 0.1) is 6.92 Å². The van der Waals surface area contributed by atoms with Gasteiger partial charge in [-0.2, -0.15) is 0 Å². The van der Waals surface area contributed by atoms with E-state index in [-0.39, 0.29) is 0 Å². The van der Waals surface area contributed by atoms with Gasteiger partial charge >= 0.3 is 0 Å². The number of hydrogen-bond donors (Lipinski definition) is 3. The summed E-state index contributed by atoms with van der Waals surface area (Å²) in [6.45, 7) is 3.90.